The molecule has 0 heterocycles. The van der Waals surface area contributed by atoms with E-state index >= 15 is 0 Å². The summed E-state index contributed by atoms with van der Waals surface area (Å²) in [6.07, 6.45) is 0. The molecular weight excluding hydrogens is 320 g/mol. The third kappa shape index (κ3) is 5.24. The molecule has 2 aromatic rings. The van der Waals surface area contributed by atoms with Crippen LogP contribution in [0.2, 0.25) is 0 Å². The van der Waals surface area contributed by atoms with E-state index in [0.717, 1.165) is 11.1 Å². The highest BCUT2D eigenvalue weighted by atomic mass is 16.5. The molecule has 0 saturated heterocycles. The first-order chi connectivity index (χ1) is 12.0. The Morgan fingerprint density at radius 3 is 2.16 bits per heavy atom. The molecule has 2 amide bonds. The highest BCUT2D eigenvalue weighted by molar-refractivity contribution is 5.95. The fraction of sp³-hybridized carbons (Fsp3) is 0.263. The second-order valence-corrected chi connectivity index (χ2v) is 5.47. The standard InChI is InChI=1S/C19H22N2O4/c1-4-24-16-10-8-15(9-11-16)19(23)21-20-17(22)12-25-18-13(2)6-5-7-14(18)3/h5-11H,4,12H2,1-3H3,(H,20,22)(H,21,23). The summed E-state index contributed by atoms with van der Waals surface area (Å²) in [5, 5.41) is 0. The van der Waals surface area contributed by atoms with Gasteiger partial charge in [0.1, 0.15) is 11.5 Å². The number of hydrogen-bond acceptors (Lipinski definition) is 4. The molecule has 6 nitrogen and oxygen atoms in total. The van der Waals surface area contributed by atoms with Crippen molar-refractivity contribution in [1.82, 2.24) is 10.9 Å². The van der Waals surface area contributed by atoms with E-state index in [4.69, 9.17) is 9.47 Å². The van der Waals surface area contributed by atoms with Gasteiger partial charge in [0.2, 0.25) is 0 Å². The number of nitrogens with one attached hydrogen (secondary N) is 2. The van der Waals surface area contributed by atoms with E-state index in [1.807, 2.05) is 39.0 Å². The van der Waals surface area contributed by atoms with Gasteiger partial charge in [0, 0.05) is 5.56 Å². The number of amides is 2. The van der Waals surface area contributed by atoms with Gasteiger partial charge in [-0.2, -0.15) is 0 Å². The van der Waals surface area contributed by atoms with Gasteiger partial charge in [0.25, 0.3) is 11.8 Å². The lowest BCUT2D eigenvalue weighted by Crippen LogP contribution is -2.43. The van der Waals surface area contributed by atoms with Gasteiger partial charge in [-0.25, -0.2) is 0 Å². The topological polar surface area (TPSA) is 76.7 Å². The predicted octanol–water partition coefficient (Wildman–Crippen LogP) is 2.54. The molecule has 0 aliphatic rings. The van der Waals surface area contributed by atoms with Crippen molar-refractivity contribution < 1.29 is 19.1 Å². The first kappa shape index (κ1) is 18.3. The zero-order chi connectivity index (χ0) is 18.2. The van der Waals surface area contributed by atoms with Crippen LogP contribution in [0.15, 0.2) is 42.5 Å². The van der Waals surface area contributed by atoms with Crippen molar-refractivity contribution in [2.45, 2.75) is 20.8 Å². The lowest BCUT2D eigenvalue weighted by atomic mass is 10.1. The summed E-state index contributed by atoms with van der Waals surface area (Å²) < 4.78 is 10.8. The molecule has 0 radical (unpaired) electrons. The maximum Gasteiger partial charge on any atom is 0.276 e. The SMILES string of the molecule is CCOc1ccc(C(=O)NNC(=O)COc2c(C)cccc2C)cc1. The van der Waals surface area contributed by atoms with Gasteiger partial charge in [0.05, 0.1) is 6.61 Å². The molecule has 25 heavy (non-hydrogen) atoms. The fourth-order valence-corrected chi connectivity index (χ4v) is 2.27. The average Bonchev–Trinajstić information content (AvgIpc) is 2.60. The lowest BCUT2D eigenvalue weighted by Gasteiger charge is -2.12. The summed E-state index contributed by atoms with van der Waals surface area (Å²) in [4.78, 5) is 23.8. The van der Waals surface area contributed by atoms with E-state index in [2.05, 4.69) is 10.9 Å². The second kappa shape index (κ2) is 8.73. The van der Waals surface area contributed by atoms with Gasteiger partial charge < -0.3 is 9.47 Å². The molecule has 2 rings (SSSR count). The molecule has 0 aromatic heterocycles. The van der Waals surface area contributed by atoms with E-state index in [9.17, 15) is 9.59 Å². The van der Waals surface area contributed by atoms with Gasteiger partial charge >= 0.3 is 0 Å². The molecule has 2 aromatic carbocycles. The molecule has 6 heteroatoms. The number of carbonyl (C=O) groups excluding carboxylic acids is 2. The van der Waals surface area contributed by atoms with Crippen molar-refractivity contribution in [2.24, 2.45) is 0 Å². The minimum Gasteiger partial charge on any atom is -0.494 e. The van der Waals surface area contributed by atoms with Gasteiger partial charge in [0.15, 0.2) is 6.61 Å². The predicted molar refractivity (Wildman–Crippen MR) is 94.6 cm³/mol. The van der Waals surface area contributed by atoms with Crippen LogP contribution in [-0.2, 0) is 4.79 Å². The van der Waals surface area contributed by atoms with Crippen molar-refractivity contribution in [1.29, 1.82) is 0 Å². The van der Waals surface area contributed by atoms with Crippen molar-refractivity contribution in [3.8, 4) is 11.5 Å². The fourth-order valence-electron chi connectivity index (χ4n) is 2.27. The third-order valence-electron chi connectivity index (χ3n) is 3.50. The molecule has 0 aliphatic carbocycles. The zero-order valence-corrected chi connectivity index (χ0v) is 14.6. The smallest absolute Gasteiger partial charge is 0.276 e. The zero-order valence-electron chi connectivity index (χ0n) is 14.6. The summed E-state index contributed by atoms with van der Waals surface area (Å²) in [6.45, 7) is 6.08. The third-order valence-corrected chi connectivity index (χ3v) is 3.50. The molecule has 0 fully saturated rings. The normalized spacial score (nSPS) is 10.0. The van der Waals surface area contributed by atoms with Crippen LogP contribution in [0.1, 0.15) is 28.4 Å². The van der Waals surface area contributed by atoms with E-state index in [1.165, 1.54) is 0 Å². The van der Waals surface area contributed by atoms with Gasteiger partial charge in [-0.15, -0.1) is 0 Å². The number of hydrazine groups is 1. The van der Waals surface area contributed by atoms with Crippen LogP contribution in [0.5, 0.6) is 11.5 Å². The summed E-state index contributed by atoms with van der Waals surface area (Å²) in [5.74, 6) is 0.506. The summed E-state index contributed by atoms with van der Waals surface area (Å²) in [6, 6.07) is 12.4. The van der Waals surface area contributed by atoms with Crippen molar-refractivity contribution in [2.75, 3.05) is 13.2 Å². The van der Waals surface area contributed by atoms with Gasteiger partial charge in [-0.1, -0.05) is 18.2 Å². The van der Waals surface area contributed by atoms with Crippen LogP contribution in [0.3, 0.4) is 0 Å². The first-order valence-electron chi connectivity index (χ1n) is 8.02. The summed E-state index contributed by atoms with van der Waals surface area (Å²) >= 11 is 0. The van der Waals surface area contributed by atoms with Gasteiger partial charge in [-0.3, -0.25) is 20.4 Å². The Morgan fingerprint density at radius 2 is 1.56 bits per heavy atom. The number of para-hydroxylation sites is 1. The number of hydrogen-bond donors (Lipinski definition) is 2. The van der Waals surface area contributed by atoms with Crippen molar-refractivity contribution >= 4 is 11.8 Å². The Labute approximate surface area is 147 Å². The Morgan fingerprint density at radius 1 is 0.920 bits per heavy atom. The van der Waals surface area contributed by atoms with E-state index in [0.29, 0.717) is 23.7 Å². The molecule has 0 spiro atoms. The van der Waals surface area contributed by atoms with E-state index in [1.54, 1.807) is 24.3 Å². The van der Waals surface area contributed by atoms with Crippen molar-refractivity contribution in [3.05, 3.63) is 59.2 Å². The molecule has 0 unspecified atom stereocenters. The number of carbonyl (C=O) groups is 2. The average molecular weight is 342 g/mol. The van der Waals surface area contributed by atoms with Crippen LogP contribution in [-0.4, -0.2) is 25.0 Å². The molecule has 0 saturated carbocycles. The monoisotopic (exact) mass is 342 g/mol. The highest BCUT2D eigenvalue weighted by Gasteiger charge is 2.10. The number of benzene rings is 2. The Bertz CT molecular complexity index is 721. The molecule has 0 atom stereocenters. The molecule has 2 N–H and O–H groups in total. The number of rotatable bonds is 6. The van der Waals surface area contributed by atoms with Gasteiger partial charge in [-0.05, 0) is 56.2 Å². The summed E-state index contributed by atoms with van der Waals surface area (Å²) in [7, 11) is 0. The minimum absolute atomic E-state index is 0.185. The van der Waals surface area contributed by atoms with E-state index in [-0.39, 0.29) is 6.61 Å². The Kier molecular flexibility index (Phi) is 6.39. The van der Waals surface area contributed by atoms with E-state index < -0.39 is 11.8 Å². The van der Waals surface area contributed by atoms with Crippen LogP contribution >= 0.6 is 0 Å². The van der Waals surface area contributed by atoms with Crippen LogP contribution < -0.4 is 20.3 Å². The highest BCUT2D eigenvalue weighted by Crippen LogP contribution is 2.21. The second-order valence-electron chi connectivity index (χ2n) is 5.47. The number of aryl methyl sites for hydroxylation is 2. The van der Waals surface area contributed by atoms with Crippen LogP contribution in [0.4, 0.5) is 0 Å². The Balaban J connectivity index is 1.82. The largest absolute Gasteiger partial charge is 0.494 e. The minimum atomic E-state index is -0.443. The first-order valence-corrected chi connectivity index (χ1v) is 8.02. The number of ether oxygens (including phenoxy) is 2. The molecular formula is C19H22N2O4. The molecule has 132 valence electrons. The quantitative estimate of drug-likeness (QED) is 0.791. The van der Waals surface area contributed by atoms with Crippen LogP contribution in [0, 0.1) is 13.8 Å². The molecule has 0 bridgehead atoms. The lowest BCUT2D eigenvalue weighted by molar-refractivity contribution is -0.123. The van der Waals surface area contributed by atoms with Crippen molar-refractivity contribution in [3.63, 3.8) is 0 Å². The maximum atomic E-state index is 12.0. The van der Waals surface area contributed by atoms with Crippen LogP contribution in [0.25, 0.3) is 0 Å². The maximum absolute atomic E-state index is 12.0. The Hall–Kier alpha value is -3.02. The molecule has 0 aliphatic heterocycles. The summed E-state index contributed by atoms with van der Waals surface area (Å²) in [5.41, 5.74) is 7.01.